The molecule has 2 aliphatic heterocycles. The van der Waals surface area contributed by atoms with Gasteiger partial charge in [0.1, 0.15) is 0 Å². The lowest BCUT2D eigenvalue weighted by Gasteiger charge is -2.26. The minimum atomic E-state index is -0.0265. The third-order valence-electron chi connectivity index (χ3n) is 5.24. The van der Waals surface area contributed by atoms with Gasteiger partial charge in [-0.2, -0.15) is 0 Å². The molecule has 2 aromatic carbocycles. The molecular weight excluding hydrogens is 290 g/mol. The van der Waals surface area contributed by atoms with Gasteiger partial charge in [-0.3, -0.25) is 4.79 Å². The van der Waals surface area contributed by atoms with Gasteiger partial charge in [-0.25, -0.2) is 0 Å². The van der Waals surface area contributed by atoms with Crippen LogP contribution >= 0.6 is 0 Å². The van der Waals surface area contributed by atoms with Crippen molar-refractivity contribution in [2.45, 2.75) is 0 Å². The summed E-state index contributed by atoms with van der Waals surface area (Å²) in [4.78, 5) is 14.9. The van der Waals surface area contributed by atoms with Crippen LogP contribution in [0.3, 0.4) is 0 Å². The zero-order valence-electron chi connectivity index (χ0n) is 13.3. The summed E-state index contributed by atoms with van der Waals surface area (Å²) >= 11 is 0. The van der Waals surface area contributed by atoms with Gasteiger partial charge in [0.05, 0.1) is 19.8 Å². The molecule has 4 nitrogen and oxygen atoms in total. The summed E-state index contributed by atoms with van der Waals surface area (Å²) in [6.45, 7) is 3.54. The topological polar surface area (TPSA) is 38.8 Å². The number of fused-ring (bicyclic) bond motifs is 2. The van der Waals surface area contributed by atoms with E-state index in [1.807, 2.05) is 41.3 Å². The van der Waals surface area contributed by atoms with E-state index in [0.29, 0.717) is 19.1 Å². The maximum absolute atomic E-state index is 12.9. The first kappa shape index (κ1) is 14.7. The van der Waals surface area contributed by atoms with E-state index in [9.17, 15) is 4.79 Å². The summed E-state index contributed by atoms with van der Waals surface area (Å²) in [6, 6.07) is 14.1. The Balaban J connectivity index is 1.59. The van der Waals surface area contributed by atoms with Crippen molar-refractivity contribution in [1.82, 2.24) is 4.90 Å². The zero-order valence-corrected chi connectivity index (χ0v) is 13.3. The molecule has 0 N–H and O–H groups in total. The van der Waals surface area contributed by atoms with Gasteiger partial charge in [-0.05, 0) is 22.9 Å². The van der Waals surface area contributed by atoms with Crippen LogP contribution in [0.1, 0.15) is 10.4 Å². The third-order valence-corrected chi connectivity index (χ3v) is 5.24. The third kappa shape index (κ3) is 2.42. The van der Waals surface area contributed by atoms with Gasteiger partial charge in [0.15, 0.2) is 0 Å². The van der Waals surface area contributed by atoms with E-state index < -0.39 is 0 Å². The Morgan fingerprint density at radius 3 is 2.96 bits per heavy atom. The Morgan fingerprint density at radius 1 is 1.30 bits per heavy atom. The van der Waals surface area contributed by atoms with Gasteiger partial charge < -0.3 is 14.4 Å². The number of nitrogens with zero attached hydrogens (tertiary/aromatic N) is 1. The van der Waals surface area contributed by atoms with Crippen molar-refractivity contribution in [3.05, 3.63) is 48.0 Å². The first-order valence-electron chi connectivity index (χ1n) is 8.07. The van der Waals surface area contributed by atoms with Gasteiger partial charge in [-0.1, -0.05) is 30.3 Å². The van der Waals surface area contributed by atoms with Crippen LogP contribution in [-0.4, -0.2) is 50.8 Å². The van der Waals surface area contributed by atoms with Crippen molar-refractivity contribution in [3.8, 4) is 0 Å². The van der Waals surface area contributed by atoms with E-state index in [4.69, 9.17) is 9.47 Å². The summed E-state index contributed by atoms with van der Waals surface area (Å²) in [7, 11) is 1.72. The quantitative estimate of drug-likeness (QED) is 0.874. The molecule has 2 atom stereocenters. The molecule has 0 aromatic heterocycles. The average Bonchev–Trinajstić information content (AvgIpc) is 3.11. The molecule has 23 heavy (non-hydrogen) atoms. The molecule has 0 aliphatic carbocycles. The smallest absolute Gasteiger partial charge is 0.253 e. The highest BCUT2D eigenvalue weighted by molar-refractivity contribution is 5.98. The fourth-order valence-electron chi connectivity index (χ4n) is 3.98. The van der Waals surface area contributed by atoms with Crippen LogP contribution < -0.4 is 0 Å². The lowest BCUT2D eigenvalue weighted by atomic mass is 9.82. The van der Waals surface area contributed by atoms with Crippen LogP contribution in [-0.2, 0) is 9.47 Å². The summed E-state index contributed by atoms with van der Waals surface area (Å²) in [5.41, 5.74) is 0.735. The molecule has 4 heteroatoms. The lowest BCUT2D eigenvalue weighted by molar-refractivity contribution is 0.0489. The number of carbonyl (C=O) groups excluding carboxylic acids is 1. The van der Waals surface area contributed by atoms with Crippen molar-refractivity contribution >= 4 is 16.7 Å². The molecule has 0 saturated carbocycles. The first-order chi connectivity index (χ1) is 11.2. The number of carbonyl (C=O) groups is 1. The van der Waals surface area contributed by atoms with Gasteiger partial charge in [0.2, 0.25) is 0 Å². The molecule has 2 fully saturated rings. The fourth-order valence-corrected chi connectivity index (χ4v) is 3.98. The van der Waals surface area contributed by atoms with Crippen molar-refractivity contribution in [1.29, 1.82) is 0 Å². The highest BCUT2D eigenvalue weighted by Crippen LogP contribution is 2.41. The highest BCUT2D eigenvalue weighted by Gasteiger charge is 2.51. The molecule has 2 heterocycles. The number of amides is 1. The fraction of sp³-hybridized carbons (Fsp3) is 0.421. The van der Waals surface area contributed by atoms with E-state index in [1.165, 1.54) is 0 Å². The molecule has 1 amide bonds. The summed E-state index contributed by atoms with van der Waals surface area (Å²) in [5.74, 6) is 0.493. The number of ether oxygens (including phenoxy) is 2. The molecular formula is C19H21NO3. The number of methoxy groups -OCH3 is 1. The molecule has 0 radical (unpaired) electrons. The van der Waals surface area contributed by atoms with Crippen molar-refractivity contribution in [3.63, 3.8) is 0 Å². The molecule has 0 unspecified atom stereocenters. The molecule has 2 saturated heterocycles. The van der Waals surface area contributed by atoms with Crippen molar-refractivity contribution in [2.75, 3.05) is 40.0 Å². The van der Waals surface area contributed by atoms with Crippen LogP contribution in [0.4, 0.5) is 0 Å². The Bertz CT molecular complexity index is 744. The maximum Gasteiger partial charge on any atom is 0.253 e. The zero-order chi connectivity index (χ0) is 15.9. The monoisotopic (exact) mass is 311 g/mol. The second-order valence-corrected chi connectivity index (χ2v) is 6.76. The van der Waals surface area contributed by atoms with Crippen LogP contribution in [0.2, 0.25) is 0 Å². The predicted octanol–water partition coefficient (Wildman–Crippen LogP) is 2.57. The highest BCUT2D eigenvalue weighted by atomic mass is 16.5. The van der Waals surface area contributed by atoms with Crippen LogP contribution in [0, 0.1) is 11.3 Å². The van der Waals surface area contributed by atoms with Gasteiger partial charge in [0.25, 0.3) is 5.91 Å². The van der Waals surface area contributed by atoms with Gasteiger partial charge in [-0.15, -0.1) is 0 Å². The van der Waals surface area contributed by atoms with E-state index in [-0.39, 0.29) is 11.3 Å². The van der Waals surface area contributed by atoms with Crippen molar-refractivity contribution in [2.24, 2.45) is 11.3 Å². The normalized spacial score (nSPS) is 26.7. The van der Waals surface area contributed by atoms with E-state index in [2.05, 4.69) is 6.07 Å². The number of benzene rings is 2. The molecule has 0 spiro atoms. The summed E-state index contributed by atoms with van der Waals surface area (Å²) in [6.07, 6.45) is 0. The first-order valence-corrected chi connectivity index (χ1v) is 8.07. The second kappa shape index (κ2) is 5.62. The predicted molar refractivity (Wildman–Crippen MR) is 88.5 cm³/mol. The summed E-state index contributed by atoms with van der Waals surface area (Å²) in [5, 5.41) is 2.26. The number of likely N-dealkylation sites (tertiary alicyclic amines) is 1. The molecule has 120 valence electrons. The van der Waals surface area contributed by atoms with Crippen LogP contribution in [0.5, 0.6) is 0 Å². The van der Waals surface area contributed by atoms with Crippen LogP contribution in [0.25, 0.3) is 10.8 Å². The van der Waals surface area contributed by atoms with Crippen molar-refractivity contribution < 1.29 is 14.3 Å². The largest absolute Gasteiger partial charge is 0.384 e. The molecule has 2 aromatic rings. The lowest BCUT2D eigenvalue weighted by Crippen LogP contribution is -2.37. The van der Waals surface area contributed by atoms with Gasteiger partial charge in [0, 0.05) is 37.1 Å². The van der Waals surface area contributed by atoms with Crippen LogP contribution in [0.15, 0.2) is 42.5 Å². The maximum atomic E-state index is 12.9. The molecule has 2 aliphatic rings. The Labute approximate surface area is 136 Å². The Hall–Kier alpha value is -1.91. The molecule has 0 bridgehead atoms. The average molecular weight is 311 g/mol. The van der Waals surface area contributed by atoms with E-state index in [1.54, 1.807) is 7.11 Å². The summed E-state index contributed by atoms with van der Waals surface area (Å²) < 4.78 is 11.0. The second-order valence-electron chi connectivity index (χ2n) is 6.76. The minimum Gasteiger partial charge on any atom is -0.384 e. The number of hydrogen-bond acceptors (Lipinski definition) is 3. The van der Waals surface area contributed by atoms with E-state index >= 15 is 0 Å². The Kier molecular flexibility index (Phi) is 3.58. The number of hydrogen-bond donors (Lipinski definition) is 0. The number of rotatable bonds is 3. The minimum absolute atomic E-state index is 0.0265. The van der Waals surface area contributed by atoms with Gasteiger partial charge >= 0.3 is 0 Å². The Morgan fingerprint density at radius 2 is 2.13 bits per heavy atom. The molecule has 4 rings (SSSR count). The van der Waals surface area contributed by atoms with E-state index in [0.717, 1.165) is 36.0 Å². The standard InChI is InChI=1S/C19H21NO3/c1-22-12-19-11-20(9-17(19)10-23-13-19)18(21)16-7-6-14-4-2-3-5-15(14)8-16/h2-8,17H,9-13H2,1H3/t17-,19-/m0/s1. The SMILES string of the molecule is COC[C@@]12COC[C@@H]1CN(C(=O)c1ccc3ccccc3c1)C2.